The molecule has 1 atom stereocenters. The molecule has 8 heteroatoms. The second kappa shape index (κ2) is 12.8. The number of rotatable bonds is 13. The molecule has 2 rings (SSSR count). The van der Waals surface area contributed by atoms with E-state index in [4.69, 9.17) is 0 Å². The fourth-order valence-corrected chi connectivity index (χ4v) is 3.72. The van der Waals surface area contributed by atoms with E-state index in [1.54, 1.807) is 0 Å². The minimum absolute atomic E-state index is 0.0575. The molecule has 1 amide bonds. The number of H-pyrrole nitrogens is 1. The number of unbranched alkanes of at least 4 members (excludes halogenated alkanes) is 3. The summed E-state index contributed by atoms with van der Waals surface area (Å²) in [6, 6.07) is 4.46. The zero-order valence-corrected chi connectivity index (χ0v) is 19.4. The van der Waals surface area contributed by atoms with Crippen molar-refractivity contribution in [2.24, 2.45) is 5.92 Å². The van der Waals surface area contributed by atoms with Gasteiger partial charge in [-0.25, -0.2) is 9.59 Å². The molecule has 0 radical (unpaired) electrons. The van der Waals surface area contributed by atoms with E-state index < -0.39 is 17.2 Å². The summed E-state index contributed by atoms with van der Waals surface area (Å²) in [6.45, 7) is 5.33. The highest BCUT2D eigenvalue weighted by atomic mass is 16.5. The largest absolute Gasteiger partial charge is 0.465 e. The molecular weight excluding hydrogens is 410 g/mol. The normalized spacial score (nSPS) is 12.0. The lowest BCUT2D eigenvalue weighted by Gasteiger charge is -2.15. The molecule has 8 nitrogen and oxygen atoms in total. The van der Waals surface area contributed by atoms with Gasteiger partial charge in [-0.3, -0.25) is 14.2 Å². The smallest absolute Gasteiger partial charge is 0.337 e. The molecule has 0 spiro atoms. The predicted octanol–water partition coefficient (Wildman–Crippen LogP) is 3.37. The summed E-state index contributed by atoms with van der Waals surface area (Å²) < 4.78 is 5.83. The average molecular weight is 446 g/mol. The van der Waals surface area contributed by atoms with Gasteiger partial charge >= 0.3 is 11.7 Å². The van der Waals surface area contributed by atoms with Gasteiger partial charge in [0.25, 0.3) is 5.56 Å². The number of aromatic nitrogens is 2. The molecule has 0 aliphatic rings. The van der Waals surface area contributed by atoms with Gasteiger partial charge in [0.1, 0.15) is 0 Å². The van der Waals surface area contributed by atoms with Gasteiger partial charge in [-0.05, 0) is 43.4 Å². The molecular formula is C24H35N3O5. The van der Waals surface area contributed by atoms with E-state index in [9.17, 15) is 19.2 Å². The molecule has 1 heterocycles. The lowest BCUT2D eigenvalue weighted by Crippen LogP contribution is -2.35. The first-order valence-electron chi connectivity index (χ1n) is 11.5. The van der Waals surface area contributed by atoms with Crippen molar-refractivity contribution in [3.63, 3.8) is 0 Å². The van der Waals surface area contributed by atoms with E-state index in [0.29, 0.717) is 36.1 Å². The first-order chi connectivity index (χ1) is 15.4. The van der Waals surface area contributed by atoms with Gasteiger partial charge in [-0.2, -0.15) is 0 Å². The van der Waals surface area contributed by atoms with Crippen LogP contribution >= 0.6 is 0 Å². The number of hydrogen-bond acceptors (Lipinski definition) is 5. The molecule has 0 saturated carbocycles. The Bertz CT molecular complexity index is 1020. The summed E-state index contributed by atoms with van der Waals surface area (Å²) in [5.74, 6) is 0.0586. The summed E-state index contributed by atoms with van der Waals surface area (Å²) in [7, 11) is 1.27. The summed E-state index contributed by atoms with van der Waals surface area (Å²) in [4.78, 5) is 51.4. The van der Waals surface area contributed by atoms with Crippen LogP contribution in [0.1, 0.15) is 75.6 Å². The molecule has 2 aromatic rings. The van der Waals surface area contributed by atoms with Gasteiger partial charge in [-0.15, -0.1) is 0 Å². The third kappa shape index (κ3) is 7.07. The van der Waals surface area contributed by atoms with Crippen molar-refractivity contribution >= 4 is 22.8 Å². The molecule has 32 heavy (non-hydrogen) atoms. The van der Waals surface area contributed by atoms with E-state index in [1.807, 2.05) is 0 Å². The van der Waals surface area contributed by atoms with Crippen LogP contribution < -0.4 is 16.6 Å². The maximum atomic E-state index is 12.7. The van der Waals surface area contributed by atoms with Crippen LogP contribution in [0.15, 0.2) is 27.8 Å². The van der Waals surface area contributed by atoms with Crippen molar-refractivity contribution in [2.75, 3.05) is 13.7 Å². The topological polar surface area (TPSA) is 110 Å². The lowest BCUT2D eigenvalue weighted by atomic mass is 9.99. The Morgan fingerprint density at radius 2 is 1.91 bits per heavy atom. The molecule has 2 N–H and O–H groups in total. The highest BCUT2D eigenvalue weighted by molar-refractivity contribution is 5.93. The van der Waals surface area contributed by atoms with Crippen LogP contribution in [0.5, 0.6) is 0 Å². The Balaban J connectivity index is 1.84. The van der Waals surface area contributed by atoms with Gasteiger partial charge in [0, 0.05) is 19.5 Å². The summed E-state index contributed by atoms with van der Waals surface area (Å²) in [5.41, 5.74) is -0.336. The highest BCUT2D eigenvalue weighted by Crippen LogP contribution is 2.12. The van der Waals surface area contributed by atoms with Crippen LogP contribution in [0.2, 0.25) is 0 Å². The number of methoxy groups -OCH3 is 1. The van der Waals surface area contributed by atoms with Crippen LogP contribution in [0.25, 0.3) is 10.9 Å². The Morgan fingerprint density at radius 1 is 1.12 bits per heavy atom. The average Bonchev–Trinajstić information content (AvgIpc) is 2.79. The first kappa shape index (κ1) is 25.4. The maximum absolute atomic E-state index is 12.7. The number of hydrogen-bond donors (Lipinski definition) is 2. The Morgan fingerprint density at radius 3 is 2.59 bits per heavy atom. The second-order valence-electron chi connectivity index (χ2n) is 8.17. The summed E-state index contributed by atoms with van der Waals surface area (Å²) in [6.07, 6.45) is 7.09. The molecule has 1 aromatic heterocycles. The van der Waals surface area contributed by atoms with E-state index >= 15 is 0 Å². The van der Waals surface area contributed by atoms with Crippen molar-refractivity contribution in [1.29, 1.82) is 0 Å². The molecule has 0 fully saturated rings. The number of nitrogens with zero attached hydrogens (tertiary/aromatic N) is 1. The van der Waals surface area contributed by atoms with Crippen molar-refractivity contribution in [1.82, 2.24) is 14.9 Å². The highest BCUT2D eigenvalue weighted by Gasteiger charge is 2.12. The molecule has 0 saturated heterocycles. The van der Waals surface area contributed by atoms with Gasteiger partial charge in [-0.1, -0.05) is 39.5 Å². The van der Waals surface area contributed by atoms with Gasteiger partial charge < -0.3 is 15.0 Å². The minimum atomic E-state index is -0.535. The van der Waals surface area contributed by atoms with E-state index in [1.165, 1.54) is 42.7 Å². The monoisotopic (exact) mass is 445 g/mol. The van der Waals surface area contributed by atoms with Crippen molar-refractivity contribution in [2.45, 2.75) is 71.8 Å². The maximum Gasteiger partial charge on any atom is 0.337 e. The van der Waals surface area contributed by atoms with Crippen LogP contribution in [-0.4, -0.2) is 35.1 Å². The number of nitrogens with one attached hydrogen (secondary N) is 2. The van der Waals surface area contributed by atoms with Crippen LogP contribution in [0.3, 0.4) is 0 Å². The number of ether oxygens (including phenoxy) is 1. The Hall–Kier alpha value is -2.90. The summed E-state index contributed by atoms with van der Waals surface area (Å²) in [5, 5.41) is 3.36. The van der Waals surface area contributed by atoms with Crippen LogP contribution in [0, 0.1) is 5.92 Å². The number of carbonyl (C=O) groups excluding carboxylic acids is 2. The second-order valence-corrected chi connectivity index (χ2v) is 8.17. The number of amides is 1. The minimum Gasteiger partial charge on any atom is -0.465 e. The molecule has 176 valence electrons. The molecule has 0 aliphatic heterocycles. The zero-order valence-electron chi connectivity index (χ0n) is 19.4. The third-order valence-electron chi connectivity index (χ3n) is 5.82. The van der Waals surface area contributed by atoms with Crippen LogP contribution in [-0.2, 0) is 16.1 Å². The molecule has 0 bridgehead atoms. The zero-order chi connectivity index (χ0) is 23.5. The number of aromatic amines is 1. The predicted molar refractivity (Wildman–Crippen MR) is 125 cm³/mol. The number of carbonyl (C=O) groups is 2. The molecule has 0 unspecified atom stereocenters. The number of esters is 1. The molecule has 1 aromatic carbocycles. The van der Waals surface area contributed by atoms with E-state index in [0.717, 1.165) is 25.8 Å². The Kier molecular flexibility index (Phi) is 10.2. The van der Waals surface area contributed by atoms with Gasteiger partial charge in [0.2, 0.25) is 5.91 Å². The SMILES string of the molecule is CCCC[C@@H](CC)CNC(=O)CCCCCn1c(=O)[nH]c2cc(C(=O)OC)ccc2c1=O. The summed E-state index contributed by atoms with van der Waals surface area (Å²) >= 11 is 0. The van der Waals surface area contributed by atoms with Crippen molar-refractivity contribution < 1.29 is 14.3 Å². The fraction of sp³-hybridized carbons (Fsp3) is 0.583. The number of fused-ring (bicyclic) bond motifs is 1. The standard InChI is InChI=1S/C24H35N3O5/c1-4-6-10-17(5-2)16-25-21(28)11-8-7-9-14-27-22(29)19-13-12-18(23(30)32-3)15-20(19)26-24(27)31/h12-13,15,17H,4-11,14,16H2,1-3H3,(H,25,28)(H,26,31)/t17-/m1/s1. The third-order valence-corrected chi connectivity index (χ3v) is 5.82. The lowest BCUT2D eigenvalue weighted by molar-refractivity contribution is -0.121. The van der Waals surface area contributed by atoms with E-state index in [-0.39, 0.29) is 18.0 Å². The van der Waals surface area contributed by atoms with E-state index in [2.05, 4.69) is 28.9 Å². The quantitative estimate of drug-likeness (QED) is 0.363. The van der Waals surface area contributed by atoms with Crippen molar-refractivity contribution in [3.05, 3.63) is 44.6 Å². The molecule has 0 aliphatic carbocycles. The van der Waals surface area contributed by atoms with Gasteiger partial charge in [0.05, 0.1) is 23.6 Å². The van der Waals surface area contributed by atoms with Crippen LogP contribution in [0.4, 0.5) is 0 Å². The first-order valence-corrected chi connectivity index (χ1v) is 11.5. The fourth-order valence-electron chi connectivity index (χ4n) is 3.72. The van der Waals surface area contributed by atoms with Crippen molar-refractivity contribution in [3.8, 4) is 0 Å². The van der Waals surface area contributed by atoms with Gasteiger partial charge in [0.15, 0.2) is 0 Å². The number of benzene rings is 1. The Labute approximate surface area is 188 Å².